The van der Waals surface area contributed by atoms with Gasteiger partial charge in [0.2, 0.25) is 0 Å². The van der Waals surface area contributed by atoms with Gasteiger partial charge in [-0.1, -0.05) is 30.4 Å². The first-order valence-electron chi connectivity index (χ1n) is 6.87. The summed E-state index contributed by atoms with van der Waals surface area (Å²) in [5.41, 5.74) is 3.84. The van der Waals surface area contributed by atoms with Crippen LogP contribution in [0.2, 0.25) is 0 Å². The Hall–Kier alpha value is -2.62. The van der Waals surface area contributed by atoms with Crippen LogP contribution in [0.15, 0.2) is 69.9 Å². The van der Waals surface area contributed by atoms with E-state index in [-0.39, 0.29) is 11.1 Å². The van der Waals surface area contributed by atoms with Crippen LogP contribution in [0.4, 0.5) is 0 Å². The van der Waals surface area contributed by atoms with E-state index in [1.165, 1.54) is 14.2 Å². The zero-order chi connectivity index (χ0) is 16.3. The van der Waals surface area contributed by atoms with Gasteiger partial charge >= 0.3 is 11.9 Å². The molecule has 0 aromatic rings. The molecular weight excluding hydrogens is 280 g/mol. The maximum absolute atomic E-state index is 12.3. The molecule has 4 heteroatoms. The van der Waals surface area contributed by atoms with Crippen LogP contribution in [-0.4, -0.2) is 26.2 Å². The Bertz CT molecular complexity index is 709. The average molecular weight is 298 g/mol. The van der Waals surface area contributed by atoms with Crippen molar-refractivity contribution in [1.82, 2.24) is 0 Å². The van der Waals surface area contributed by atoms with Gasteiger partial charge in [0.25, 0.3) is 0 Å². The topological polar surface area (TPSA) is 52.6 Å². The van der Waals surface area contributed by atoms with Gasteiger partial charge in [0.05, 0.1) is 25.4 Å². The molecule has 0 saturated carbocycles. The third-order valence-corrected chi connectivity index (χ3v) is 3.62. The van der Waals surface area contributed by atoms with Crippen LogP contribution in [0.1, 0.15) is 13.8 Å². The van der Waals surface area contributed by atoms with E-state index in [2.05, 4.69) is 0 Å². The molecule has 0 heterocycles. The Morgan fingerprint density at radius 1 is 0.818 bits per heavy atom. The summed E-state index contributed by atoms with van der Waals surface area (Å²) in [5, 5.41) is 0. The molecule has 0 radical (unpaired) electrons. The van der Waals surface area contributed by atoms with Gasteiger partial charge in [-0.25, -0.2) is 9.59 Å². The number of hydrogen-bond donors (Lipinski definition) is 0. The van der Waals surface area contributed by atoms with Crippen molar-refractivity contribution < 1.29 is 19.1 Å². The molecule has 2 rings (SSSR count). The Balaban J connectivity index is 2.84. The zero-order valence-corrected chi connectivity index (χ0v) is 13.1. The predicted octanol–water partition coefficient (Wildman–Crippen LogP) is 2.96. The summed E-state index contributed by atoms with van der Waals surface area (Å²) in [6, 6.07) is 0. The minimum absolute atomic E-state index is 0.196. The SMILES string of the molecule is COC(=O)C1=CC=C(C)C2=CC=CC=C(C)C2=C1C(=O)OC. The second-order valence-electron chi connectivity index (χ2n) is 4.98. The molecule has 0 amide bonds. The molecule has 0 N–H and O–H groups in total. The molecule has 0 spiro atoms. The van der Waals surface area contributed by atoms with Crippen LogP contribution in [0.3, 0.4) is 0 Å². The molecule has 0 saturated heterocycles. The fourth-order valence-corrected chi connectivity index (χ4v) is 2.50. The Morgan fingerprint density at radius 2 is 1.45 bits per heavy atom. The maximum Gasteiger partial charge on any atom is 0.339 e. The second-order valence-corrected chi connectivity index (χ2v) is 4.98. The summed E-state index contributed by atoms with van der Waals surface area (Å²) >= 11 is 0. The molecule has 0 aromatic heterocycles. The number of fused-ring (bicyclic) bond motifs is 1. The van der Waals surface area contributed by atoms with E-state index in [0.717, 1.165) is 16.7 Å². The number of esters is 2. The first kappa shape index (κ1) is 15.8. The van der Waals surface area contributed by atoms with Crippen LogP contribution >= 0.6 is 0 Å². The monoisotopic (exact) mass is 298 g/mol. The summed E-state index contributed by atoms with van der Waals surface area (Å²) in [6.07, 6.45) is 11.0. The minimum atomic E-state index is -0.566. The maximum atomic E-state index is 12.3. The number of hydrogen-bond acceptors (Lipinski definition) is 4. The second kappa shape index (κ2) is 6.43. The summed E-state index contributed by atoms with van der Waals surface area (Å²) in [6.45, 7) is 3.83. The highest BCUT2D eigenvalue weighted by Gasteiger charge is 2.30. The Kier molecular flexibility index (Phi) is 4.61. The van der Waals surface area contributed by atoms with Gasteiger partial charge in [0.15, 0.2) is 0 Å². The van der Waals surface area contributed by atoms with Crippen molar-refractivity contribution in [2.45, 2.75) is 13.8 Å². The number of carbonyl (C=O) groups is 2. The van der Waals surface area contributed by atoms with Gasteiger partial charge in [0, 0.05) is 5.57 Å². The summed E-state index contributed by atoms with van der Waals surface area (Å²) in [7, 11) is 2.59. The minimum Gasteiger partial charge on any atom is -0.465 e. The first-order chi connectivity index (χ1) is 10.5. The number of ether oxygens (including phenoxy) is 2. The highest BCUT2D eigenvalue weighted by atomic mass is 16.5. The fourth-order valence-electron chi connectivity index (χ4n) is 2.50. The number of methoxy groups -OCH3 is 2. The van der Waals surface area contributed by atoms with E-state index >= 15 is 0 Å². The number of allylic oxidation sites excluding steroid dienone is 10. The van der Waals surface area contributed by atoms with Gasteiger partial charge in [-0.05, 0) is 36.6 Å². The van der Waals surface area contributed by atoms with E-state index in [1.807, 2.05) is 38.2 Å². The smallest absolute Gasteiger partial charge is 0.339 e. The molecule has 0 fully saturated rings. The molecule has 0 unspecified atom stereocenters. The van der Waals surface area contributed by atoms with Crippen LogP contribution in [0.5, 0.6) is 0 Å². The lowest BCUT2D eigenvalue weighted by Crippen LogP contribution is -2.17. The molecular formula is C18H18O4. The van der Waals surface area contributed by atoms with Crippen LogP contribution in [0.25, 0.3) is 0 Å². The van der Waals surface area contributed by atoms with Crippen molar-refractivity contribution in [2.24, 2.45) is 0 Å². The molecule has 2 aliphatic rings. The molecule has 0 atom stereocenters. The normalized spacial score (nSPS) is 17.3. The van der Waals surface area contributed by atoms with Gasteiger partial charge in [-0.3, -0.25) is 0 Å². The third kappa shape index (κ3) is 2.72. The fraction of sp³-hybridized carbons (Fsp3) is 0.222. The molecule has 0 aliphatic heterocycles. The number of carbonyl (C=O) groups excluding carboxylic acids is 2. The van der Waals surface area contributed by atoms with E-state index in [4.69, 9.17) is 9.47 Å². The zero-order valence-electron chi connectivity index (χ0n) is 13.1. The average Bonchev–Trinajstić information content (AvgIpc) is 2.79. The molecule has 4 nitrogen and oxygen atoms in total. The van der Waals surface area contributed by atoms with Crippen LogP contribution < -0.4 is 0 Å². The highest BCUT2D eigenvalue weighted by molar-refractivity contribution is 6.09. The summed E-state index contributed by atoms with van der Waals surface area (Å²) in [5.74, 6) is -1.13. The summed E-state index contributed by atoms with van der Waals surface area (Å²) in [4.78, 5) is 24.5. The molecule has 0 aromatic carbocycles. The lowest BCUT2D eigenvalue weighted by molar-refractivity contribution is -0.139. The molecule has 22 heavy (non-hydrogen) atoms. The lowest BCUT2D eigenvalue weighted by Gasteiger charge is -2.16. The quantitative estimate of drug-likeness (QED) is 0.735. The van der Waals surface area contributed by atoms with Gasteiger partial charge in [-0.15, -0.1) is 0 Å². The van der Waals surface area contributed by atoms with Gasteiger partial charge < -0.3 is 9.47 Å². The van der Waals surface area contributed by atoms with Crippen molar-refractivity contribution in [3.05, 3.63) is 69.9 Å². The first-order valence-corrected chi connectivity index (χ1v) is 6.87. The molecule has 0 bridgehead atoms. The van der Waals surface area contributed by atoms with Crippen LogP contribution in [0, 0.1) is 0 Å². The van der Waals surface area contributed by atoms with Gasteiger partial charge in [0.1, 0.15) is 0 Å². The largest absolute Gasteiger partial charge is 0.465 e. The Labute approximate surface area is 129 Å². The summed E-state index contributed by atoms with van der Waals surface area (Å²) < 4.78 is 9.72. The van der Waals surface area contributed by atoms with Crippen molar-refractivity contribution in [1.29, 1.82) is 0 Å². The highest BCUT2D eigenvalue weighted by Crippen LogP contribution is 2.36. The van der Waals surface area contributed by atoms with Crippen molar-refractivity contribution in [3.63, 3.8) is 0 Å². The van der Waals surface area contributed by atoms with Crippen molar-refractivity contribution in [2.75, 3.05) is 14.2 Å². The standard InChI is InChI=1S/C18H18O4/c1-11-9-10-14(17(19)21-3)16(18(20)22-4)15-12(2)7-5-6-8-13(11)15/h5-10H,1-4H3. The lowest BCUT2D eigenvalue weighted by atomic mass is 9.88. The van der Waals surface area contributed by atoms with Gasteiger partial charge in [-0.2, -0.15) is 0 Å². The van der Waals surface area contributed by atoms with Crippen molar-refractivity contribution >= 4 is 11.9 Å². The van der Waals surface area contributed by atoms with Crippen molar-refractivity contribution in [3.8, 4) is 0 Å². The van der Waals surface area contributed by atoms with E-state index < -0.39 is 11.9 Å². The molecule has 114 valence electrons. The Morgan fingerprint density at radius 3 is 2.09 bits per heavy atom. The van der Waals surface area contributed by atoms with E-state index in [1.54, 1.807) is 12.2 Å². The van der Waals surface area contributed by atoms with Crippen LogP contribution in [-0.2, 0) is 19.1 Å². The number of rotatable bonds is 2. The van der Waals surface area contributed by atoms with E-state index in [9.17, 15) is 9.59 Å². The molecule has 2 aliphatic carbocycles. The predicted molar refractivity (Wildman–Crippen MR) is 83.9 cm³/mol. The van der Waals surface area contributed by atoms with E-state index in [0.29, 0.717) is 5.57 Å². The third-order valence-electron chi connectivity index (χ3n) is 3.62.